The molecule has 1 atom stereocenters. The van der Waals surface area contributed by atoms with Crippen LogP contribution in [0.25, 0.3) is 33.3 Å². The second kappa shape index (κ2) is 9.21. The van der Waals surface area contributed by atoms with E-state index in [0.717, 1.165) is 38.9 Å². The first-order valence-electron chi connectivity index (χ1n) is 14.7. The number of hydrogen-bond acceptors (Lipinski definition) is 4. The molecule has 2 aliphatic rings. The quantitative estimate of drug-likeness (QED) is 0.238. The highest BCUT2D eigenvalue weighted by molar-refractivity contribution is 6.09. The highest BCUT2D eigenvalue weighted by Gasteiger charge is 2.28. The third-order valence-corrected chi connectivity index (χ3v) is 7.43. The predicted molar refractivity (Wildman–Crippen MR) is 159 cm³/mol. The first-order valence-corrected chi connectivity index (χ1v) is 13.2. The smallest absolute Gasteiger partial charge is 0.137 e. The number of fused-ring (bicyclic) bond motifs is 4. The van der Waals surface area contributed by atoms with Gasteiger partial charge in [-0.05, 0) is 66.1 Å². The molecule has 5 heteroatoms. The maximum atomic E-state index is 8.01. The van der Waals surface area contributed by atoms with E-state index < -0.39 is 13.1 Å². The molecule has 3 aromatic carbocycles. The minimum atomic E-state index is -2.26. The number of para-hydroxylation sites is 1. The van der Waals surface area contributed by atoms with E-state index in [-0.39, 0.29) is 0 Å². The molecular formula is C34H30N4O. The third-order valence-electron chi connectivity index (χ3n) is 7.43. The van der Waals surface area contributed by atoms with Gasteiger partial charge in [-0.1, -0.05) is 50.3 Å². The van der Waals surface area contributed by atoms with Gasteiger partial charge in [0.25, 0.3) is 0 Å². The Morgan fingerprint density at radius 2 is 1.74 bits per heavy atom. The maximum Gasteiger partial charge on any atom is 0.137 e. The predicted octanol–water partition coefficient (Wildman–Crippen LogP) is 8.05. The van der Waals surface area contributed by atoms with Crippen molar-refractivity contribution < 1.29 is 8.85 Å². The molecule has 0 fully saturated rings. The molecule has 5 aromatic rings. The molecule has 1 unspecified atom stereocenters. The Labute approximate surface area is 232 Å². The highest BCUT2D eigenvalue weighted by atomic mass is 16.5. The highest BCUT2D eigenvalue weighted by Crippen LogP contribution is 2.37. The Hall–Kier alpha value is -4.77. The van der Waals surface area contributed by atoms with Gasteiger partial charge in [-0.15, -0.1) is 0 Å². The molecule has 39 heavy (non-hydrogen) atoms. The standard InChI is InChI=1S/C34H30N4O/c1-23(2)24-16-17-35-33(20-24)38-30-12-5-4-11-28(30)29-15-14-27(21-31(29)38)39-26-10-8-9-25(19-26)32-22-36(3)34-13-6-7-18-37(32)34/h4-23,34H,1-3H3/i3D3. The van der Waals surface area contributed by atoms with Gasteiger partial charge in [0.15, 0.2) is 0 Å². The monoisotopic (exact) mass is 513 g/mol. The fourth-order valence-electron chi connectivity index (χ4n) is 5.47. The lowest BCUT2D eigenvalue weighted by molar-refractivity contribution is 0.282. The van der Waals surface area contributed by atoms with E-state index >= 15 is 0 Å². The van der Waals surface area contributed by atoms with Crippen molar-refractivity contribution >= 4 is 27.5 Å². The lowest BCUT2D eigenvalue weighted by Gasteiger charge is -2.29. The van der Waals surface area contributed by atoms with Crippen LogP contribution in [0, 0.1) is 0 Å². The molecule has 4 heterocycles. The van der Waals surface area contributed by atoms with Crippen LogP contribution in [0.2, 0.25) is 0 Å². The second-order valence-corrected chi connectivity index (χ2v) is 10.2. The van der Waals surface area contributed by atoms with Crippen LogP contribution in [0.3, 0.4) is 0 Å². The Morgan fingerprint density at radius 1 is 0.872 bits per heavy atom. The fraction of sp³-hybridized carbons (Fsp3) is 0.147. The van der Waals surface area contributed by atoms with Crippen molar-refractivity contribution in [3.63, 3.8) is 0 Å². The van der Waals surface area contributed by atoms with Crippen molar-refractivity contribution in [2.45, 2.75) is 25.9 Å². The van der Waals surface area contributed by atoms with E-state index in [2.05, 4.69) is 66.9 Å². The van der Waals surface area contributed by atoms with Crippen LogP contribution in [-0.2, 0) is 0 Å². The number of likely N-dealkylation sites (N-methyl/N-ethyl adjacent to an activating group) is 1. The zero-order chi connectivity index (χ0) is 29.0. The summed E-state index contributed by atoms with van der Waals surface area (Å²) in [6.07, 6.45) is 10.8. The molecule has 0 saturated heterocycles. The van der Waals surface area contributed by atoms with Gasteiger partial charge in [-0.3, -0.25) is 4.57 Å². The summed E-state index contributed by atoms with van der Waals surface area (Å²) in [6.45, 7) is 2.11. The van der Waals surface area contributed by atoms with Gasteiger partial charge < -0.3 is 14.5 Å². The van der Waals surface area contributed by atoms with Crippen molar-refractivity contribution in [3.05, 3.63) is 127 Å². The zero-order valence-corrected chi connectivity index (χ0v) is 21.8. The van der Waals surface area contributed by atoms with E-state index in [9.17, 15) is 0 Å². The van der Waals surface area contributed by atoms with Gasteiger partial charge in [-0.25, -0.2) is 4.98 Å². The lowest BCUT2D eigenvalue weighted by atomic mass is 10.1. The zero-order valence-electron chi connectivity index (χ0n) is 24.8. The Bertz CT molecular complexity index is 1920. The fourth-order valence-corrected chi connectivity index (χ4v) is 5.47. The summed E-state index contributed by atoms with van der Waals surface area (Å²) in [6, 6.07) is 26.5. The van der Waals surface area contributed by atoms with Gasteiger partial charge in [0.2, 0.25) is 0 Å². The molecule has 0 aliphatic carbocycles. The topological polar surface area (TPSA) is 33.5 Å². The number of ether oxygens (including phenoxy) is 1. The molecule has 7 rings (SSSR count). The van der Waals surface area contributed by atoms with Gasteiger partial charge in [0.1, 0.15) is 23.5 Å². The van der Waals surface area contributed by atoms with Crippen LogP contribution in [0.5, 0.6) is 11.5 Å². The molecule has 2 aromatic heterocycles. The van der Waals surface area contributed by atoms with E-state index in [0.29, 0.717) is 17.4 Å². The van der Waals surface area contributed by atoms with Crippen LogP contribution < -0.4 is 4.74 Å². The Kier molecular flexibility index (Phi) is 4.77. The molecule has 0 bridgehead atoms. The van der Waals surface area contributed by atoms with Gasteiger partial charge in [0, 0.05) is 52.1 Å². The number of hydrogen-bond donors (Lipinski definition) is 0. The van der Waals surface area contributed by atoms with Crippen LogP contribution in [0.15, 0.2) is 116 Å². The van der Waals surface area contributed by atoms with Crippen molar-refractivity contribution in [2.75, 3.05) is 6.98 Å². The number of nitrogens with zero attached hydrogens (tertiary/aromatic N) is 4. The molecular weight excluding hydrogens is 480 g/mol. The second-order valence-electron chi connectivity index (χ2n) is 10.2. The van der Waals surface area contributed by atoms with E-state index in [1.807, 2.05) is 65.9 Å². The largest absolute Gasteiger partial charge is 0.457 e. The van der Waals surface area contributed by atoms with Gasteiger partial charge >= 0.3 is 0 Å². The van der Waals surface area contributed by atoms with Crippen molar-refractivity contribution in [1.29, 1.82) is 0 Å². The summed E-state index contributed by atoms with van der Waals surface area (Å²) in [5.74, 6) is 2.62. The summed E-state index contributed by atoms with van der Waals surface area (Å²) in [4.78, 5) is 8.12. The normalized spacial score (nSPS) is 17.9. The minimum absolute atomic E-state index is 0.388. The van der Waals surface area contributed by atoms with E-state index in [1.54, 1.807) is 6.20 Å². The average Bonchev–Trinajstić information content (AvgIpc) is 3.54. The van der Waals surface area contributed by atoms with Gasteiger partial charge in [-0.2, -0.15) is 0 Å². The first kappa shape index (κ1) is 20.2. The number of benzene rings is 3. The summed E-state index contributed by atoms with van der Waals surface area (Å²) < 4.78 is 32.7. The molecule has 0 saturated carbocycles. The lowest BCUT2D eigenvalue weighted by Crippen LogP contribution is -2.33. The Morgan fingerprint density at radius 3 is 2.64 bits per heavy atom. The number of pyridine rings is 1. The Balaban J connectivity index is 1.28. The van der Waals surface area contributed by atoms with Crippen LogP contribution >= 0.6 is 0 Å². The molecule has 0 N–H and O–H groups in total. The molecule has 2 aliphatic heterocycles. The summed E-state index contributed by atoms with van der Waals surface area (Å²) in [5, 5.41) is 2.28. The number of aromatic nitrogens is 2. The van der Waals surface area contributed by atoms with Crippen molar-refractivity contribution in [1.82, 2.24) is 19.4 Å². The van der Waals surface area contributed by atoms with E-state index in [4.69, 9.17) is 13.8 Å². The average molecular weight is 514 g/mol. The summed E-state index contributed by atoms with van der Waals surface area (Å²) in [7, 11) is 0. The molecule has 0 radical (unpaired) electrons. The maximum absolute atomic E-state index is 8.01. The van der Waals surface area contributed by atoms with E-state index in [1.165, 1.54) is 10.5 Å². The van der Waals surface area contributed by atoms with Gasteiger partial charge in [0.05, 0.1) is 16.7 Å². The van der Waals surface area contributed by atoms with Crippen molar-refractivity contribution in [3.8, 4) is 17.3 Å². The van der Waals surface area contributed by atoms with Crippen molar-refractivity contribution in [2.24, 2.45) is 0 Å². The van der Waals surface area contributed by atoms with Crippen LogP contribution in [-0.4, -0.2) is 32.5 Å². The van der Waals surface area contributed by atoms with Crippen LogP contribution in [0.4, 0.5) is 0 Å². The molecule has 0 spiro atoms. The molecule has 5 nitrogen and oxygen atoms in total. The SMILES string of the molecule is [2H]C([2H])([2H])N1C=C(c2cccc(Oc3ccc4c5ccccc5n(-c5cc(C(C)C)ccn5)c4c3)c2)N2C=CC=CC21. The number of rotatable bonds is 5. The summed E-state index contributed by atoms with van der Waals surface area (Å²) >= 11 is 0. The first-order chi connectivity index (χ1) is 20.3. The molecule has 192 valence electrons. The minimum Gasteiger partial charge on any atom is -0.457 e. The van der Waals surface area contributed by atoms with Crippen LogP contribution in [0.1, 0.15) is 35.0 Å². The number of allylic oxidation sites excluding steroid dienone is 2. The summed E-state index contributed by atoms with van der Waals surface area (Å²) in [5.41, 5.74) is 5.00. The third kappa shape index (κ3) is 3.98. The molecule has 0 amide bonds.